The first-order chi connectivity index (χ1) is 8.15. The predicted octanol–water partition coefficient (Wildman–Crippen LogP) is 1.10. The van der Waals surface area contributed by atoms with Gasteiger partial charge in [0.25, 0.3) is 0 Å². The maximum atomic E-state index is 12.1. The molecule has 2 heterocycles. The van der Waals surface area contributed by atoms with Crippen molar-refractivity contribution in [3.05, 3.63) is 0 Å². The SMILES string of the molecule is CC1CN(CC(=O)N2CCCCC2)CC(C)N1.Cl. The highest BCUT2D eigenvalue weighted by atomic mass is 35.5. The number of rotatable bonds is 2. The third-order valence-electron chi connectivity index (χ3n) is 3.70. The number of likely N-dealkylation sites (tertiary alicyclic amines) is 1. The number of hydrogen-bond acceptors (Lipinski definition) is 3. The molecule has 2 saturated heterocycles. The van der Waals surface area contributed by atoms with Crippen molar-refractivity contribution in [2.75, 3.05) is 32.7 Å². The van der Waals surface area contributed by atoms with E-state index in [0.717, 1.165) is 26.2 Å². The smallest absolute Gasteiger partial charge is 0.236 e. The number of piperazine rings is 1. The second kappa shape index (κ2) is 7.31. The second-order valence-electron chi connectivity index (χ2n) is 5.60. The summed E-state index contributed by atoms with van der Waals surface area (Å²) in [6.45, 7) is 8.90. The van der Waals surface area contributed by atoms with E-state index in [1.165, 1.54) is 19.3 Å². The summed E-state index contributed by atoms with van der Waals surface area (Å²) < 4.78 is 0. The molecule has 2 aliphatic rings. The molecule has 0 aliphatic carbocycles. The summed E-state index contributed by atoms with van der Waals surface area (Å²) >= 11 is 0. The molecule has 1 N–H and O–H groups in total. The molecule has 5 heteroatoms. The van der Waals surface area contributed by atoms with Crippen molar-refractivity contribution in [1.29, 1.82) is 0 Å². The van der Waals surface area contributed by atoms with Crippen LogP contribution in [0.15, 0.2) is 0 Å². The summed E-state index contributed by atoms with van der Waals surface area (Å²) in [6.07, 6.45) is 3.64. The topological polar surface area (TPSA) is 35.6 Å². The number of halogens is 1. The summed E-state index contributed by atoms with van der Waals surface area (Å²) in [4.78, 5) is 16.5. The van der Waals surface area contributed by atoms with Gasteiger partial charge in [-0.2, -0.15) is 0 Å². The molecule has 2 unspecified atom stereocenters. The Balaban J connectivity index is 0.00000162. The second-order valence-corrected chi connectivity index (χ2v) is 5.60. The zero-order valence-corrected chi connectivity index (χ0v) is 12.3. The van der Waals surface area contributed by atoms with E-state index in [1.807, 2.05) is 4.90 Å². The van der Waals surface area contributed by atoms with Crippen LogP contribution in [0.25, 0.3) is 0 Å². The van der Waals surface area contributed by atoms with Gasteiger partial charge in [0, 0.05) is 38.3 Å². The van der Waals surface area contributed by atoms with Crippen LogP contribution in [0.1, 0.15) is 33.1 Å². The summed E-state index contributed by atoms with van der Waals surface area (Å²) in [5.41, 5.74) is 0. The van der Waals surface area contributed by atoms with Crippen LogP contribution >= 0.6 is 12.4 Å². The van der Waals surface area contributed by atoms with Gasteiger partial charge in [-0.25, -0.2) is 0 Å². The van der Waals surface area contributed by atoms with Crippen molar-refractivity contribution < 1.29 is 4.79 Å². The van der Waals surface area contributed by atoms with Crippen molar-refractivity contribution in [1.82, 2.24) is 15.1 Å². The zero-order chi connectivity index (χ0) is 12.3. The molecule has 0 spiro atoms. The van der Waals surface area contributed by atoms with E-state index in [4.69, 9.17) is 0 Å². The molecule has 0 aromatic heterocycles. The van der Waals surface area contributed by atoms with Gasteiger partial charge in [0.05, 0.1) is 6.54 Å². The Morgan fingerprint density at radius 1 is 1.11 bits per heavy atom. The minimum absolute atomic E-state index is 0. The lowest BCUT2D eigenvalue weighted by atomic mass is 10.1. The van der Waals surface area contributed by atoms with Gasteiger partial charge in [-0.1, -0.05) is 0 Å². The Hall–Kier alpha value is -0.320. The molecular weight excluding hydrogens is 250 g/mol. The molecule has 0 aromatic carbocycles. The van der Waals surface area contributed by atoms with E-state index in [1.54, 1.807) is 0 Å². The molecular formula is C13H26ClN3O. The monoisotopic (exact) mass is 275 g/mol. The van der Waals surface area contributed by atoms with Crippen LogP contribution in [-0.4, -0.2) is 60.5 Å². The van der Waals surface area contributed by atoms with E-state index in [2.05, 4.69) is 24.1 Å². The summed E-state index contributed by atoms with van der Waals surface area (Å²) in [5, 5.41) is 3.50. The highest BCUT2D eigenvalue weighted by Crippen LogP contribution is 2.10. The van der Waals surface area contributed by atoms with Gasteiger partial charge in [0.1, 0.15) is 0 Å². The number of hydrogen-bond donors (Lipinski definition) is 1. The number of nitrogens with one attached hydrogen (secondary N) is 1. The Morgan fingerprint density at radius 2 is 1.67 bits per heavy atom. The maximum absolute atomic E-state index is 12.1. The molecule has 4 nitrogen and oxygen atoms in total. The third kappa shape index (κ3) is 4.41. The van der Waals surface area contributed by atoms with Crippen molar-refractivity contribution in [3.63, 3.8) is 0 Å². The number of piperidine rings is 1. The standard InChI is InChI=1S/C13H25N3O.ClH/c1-11-8-15(9-12(2)14-11)10-13(17)16-6-4-3-5-7-16;/h11-12,14H,3-10H2,1-2H3;1H. The fourth-order valence-electron chi connectivity index (χ4n) is 3.00. The number of carbonyl (C=O) groups is 1. The first kappa shape index (κ1) is 15.7. The minimum atomic E-state index is 0. The van der Waals surface area contributed by atoms with E-state index in [0.29, 0.717) is 24.5 Å². The van der Waals surface area contributed by atoms with Crippen LogP contribution in [-0.2, 0) is 4.79 Å². The normalized spacial score (nSPS) is 29.8. The Bertz CT molecular complexity index is 259. The van der Waals surface area contributed by atoms with Crippen molar-refractivity contribution in [2.24, 2.45) is 0 Å². The average Bonchev–Trinajstić information content (AvgIpc) is 2.28. The van der Waals surface area contributed by atoms with Gasteiger partial charge in [-0.05, 0) is 33.1 Å². The Kier molecular flexibility index (Phi) is 6.39. The van der Waals surface area contributed by atoms with Gasteiger partial charge >= 0.3 is 0 Å². The summed E-state index contributed by atoms with van der Waals surface area (Å²) in [5.74, 6) is 0.325. The zero-order valence-electron chi connectivity index (χ0n) is 11.5. The molecule has 2 fully saturated rings. The van der Waals surface area contributed by atoms with Gasteiger partial charge in [-0.3, -0.25) is 9.69 Å². The summed E-state index contributed by atoms with van der Waals surface area (Å²) in [6, 6.07) is 0.987. The highest BCUT2D eigenvalue weighted by Gasteiger charge is 2.24. The molecule has 0 saturated carbocycles. The van der Waals surface area contributed by atoms with E-state index < -0.39 is 0 Å². The Labute approximate surface area is 116 Å². The fraction of sp³-hybridized carbons (Fsp3) is 0.923. The molecule has 0 radical (unpaired) electrons. The lowest BCUT2D eigenvalue weighted by Crippen LogP contribution is -2.56. The quantitative estimate of drug-likeness (QED) is 0.820. The van der Waals surface area contributed by atoms with Crippen LogP contribution in [0.2, 0.25) is 0 Å². The van der Waals surface area contributed by atoms with Crippen LogP contribution in [0, 0.1) is 0 Å². The molecule has 2 aliphatic heterocycles. The number of carbonyl (C=O) groups excluding carboxylic acids is 1. The van der Waals surface area contributed by atoms with Gasteiger partial charge in [0.15, 0.2) is 0 Å². The van der Waals surface area contributed by atoms with E-state index in [9.17, 15) is 4.79 Å². The molecule has 2 atom stereocenters. The van der Waals surface area contributed by atoms with Gasteiger partial charge in [-0.15, -0.1) is 12.4 Å². The largest absolute Gasteiger partial charge is 0.342 e. The first-order valence-electron chi connectivity index (χ1n) is 6.91. The third-order valence-corrected chi connectivity index (χ3v) is 3.70. The van der Waals surface area contributed by atoms with Crippen LogP contribution < -0.4 is 5.32 Å². The molecule has 18 heavy (non-hydrogen) atoms. The Morgan fingerprint density at radius 3 is 2.22 bits per heavy atom. The van der Waals surface area contributed by atoms with E-state index >= 15 is 0 Å². The maximum Gasteiger partial charge on any atom is 0.236 e. The molecule has 2 rings (SSSR count). The van der Waals surface area contributed by atoms with Crippen molar-refractivity contribution in [2.45, 2.75) is 45.2 Å². The number of amides is 1. The first-order valence-corrected chi connectivity index (χ1v) is 6.91. The lowest BCUT2D eigenvalue weighted by Gasteiger charge is -2.37. The van der Waals surface area contributed by atoms with Crippen molar-refractivity contribution >= 4 is 18.3 Å². The van der Waals surface area contributed by atoms with Gasteiger partial charge in [0.2, 0.25) is 5.91 Å². The van der Waals surface area contributed by atoms with Crippen molar-refractivity contribution in [3.8, 4) is 0 Å². The van der Waals surface area contributed by atoms with Gasteiger partial charge < -0.3 is 10.2 Å². The molecule has 106 valence electrons. The molecule has 0 bridgehead atoms. The van der Waals surface area contributed by atoms with Crippen LogP contribution in [0.3, 0.4) is 0 Å². The fourth-order valence-corrected chi connectivity index (χ4v) is 3.00. The molecule has 0 aromatic rings. The van der Waals surface area contributed by atoms with Crippen LogP contribution in [0.4, 0.5) is 0 Å². The number of nitrogens with zero attached hydrogens (tertiary/aromatic N) is 2. The van der Waals surface area contributed by atoms with E-state index in [-0.39, 0.29) is 12.4 Å². The summed E-state index contributed by atoms with van der Waals surface area (Å²) in [7, 11) is 0. The van der Waals surface area contributed by atoms with Crippen LogP contribution in [0.5, 0.6) is 0 Å². The average molecular weight is 276 g/mol. The predicted molar refractivity (Wildman–Crippen MR) is 76.2 cm³/mol. The molecule has 1 amide bonds. The minimum Gasteiger partial charge on any atom is -0.342 e. The highest BCUT2D eigenvalue weighted by molar-refractivity contribution is 5.85. The lowest BCUT2D eigenvalue weighted by molar-refractivity contribution is -0.133.